The van der Waals surface area contributed by atoms with E-state index in [2.05, 4.69) is 62.1 Å². The minimum atomic E-state index is -2.26. The van der Waals surface area contributed by atoms with Crippen molar-refractivity contribution in [3.05, 3.63) is 77.9 Å². The van der Waals surface area contributed by atoms with Gasteiger partial charge in [-0.1, -0.05) is 55.7 Å². The van der Waals surface area contributed by atoms with Gasteiger partial charge in [-0.3, -0.25) is 43.4 Å². The number of rotatable bonds is 32. The maximum atomic E-state index is 15.4. The van der Waals surface area contributed by atoms with E-state index in [1.807, 2.05) is 24.3 Å². The SMILES string of the molecule is COCCCCCCCOc1ccc(-c2nnc(-c3ccc(C(=O)N[C@H]4C[C@H](O)CNC(=O)[C@@H]5[C@@H](O)[C@H](C)CN5C(=O)[C@H]([C@H](O)CCNC(=O)[C@H](CCCCNC(=O)OC(C)(C)C)NC(=O)OC(C)(C)C)NC(=O)[C@H]([C@H](O)Cc5ccc(O)c(OSOO[O-])c5)NC(=O)[C@@H]5C[C@H](O)CN5C(=O)[C@H]([C@H](C)O)NC4=O)cc3)s2)cc1.[Na+]. The Morgan fingerprint density at radius 3 is 1.94 bits per heavy atom. The number of ether oxygens (including phenoxy) is 4. The summed E-state index contributed by atoms with van der Waals surface area (Å²) in [5, 5.41) is 125. The number of nitrogens with zero attached hydrogens (tertiary/aromatic N) is 4. The number of aromatic nitrogens is 2. The van der Waals surface area contributed by atoms with Crippen LogP contribution in [-0.4, -0.2) is 258 Å². The van der Waals surface area contributed by atoms with Gasteiger partial charge in [-0.05, 0) is 141 Å². The summed E-state index contributed by atoms with van der Waals surface area (Å²) in [6, 6.07) is 3.62. The zero-order valence-corrected chi connectivity index (χ0v) is 69.1. The molecular weight excluding hydrogens is 1540 g/mol. The van der Waals surface area contributed by atoms with Crippen LogP contribution in [-0.2, 0) is 63.6 Å². The summed E-state index contributed by atoms with van der Waals surface area (Å²) in [6.07, 6.45) is -9.57. The van der Waals surface area contributed by atoms with Gasteiger partial charge in [0.1, 0.15) is 69.3 Å². The Morgan fingerprint density at radius 1 is 0.684 bits per heavy atom. The molecule has 3 aromatic carbocycles. The fourth-order valence-corrected chi connectivity index (χ4v) is 13.8. The van der Waals surface area contributed by atoms with Crippen molar-refractivity contribution in [3.8, 4) is 38.4 Å². The monoisotopic (exact) mass is 1650 g/mol. The molecule has 0 radical (unpaired) electrons. The Hall–Kier alpha value is -8.13. The number of amides is 10. The molecular formula is C74H105N12NaO25S2. The Labute approximate surface area is 690 Å². The zero-order chi connectivity index (χ0) is 82.9. The first-order chi connectivity index (χ1) is 53.5. The van der Waals surface area contributed by atoms with E-state index >= 15 is 9.59 Å². The largest absolute Gasteiger partial charge is 1.00 e. The van der Waals surface area contributed by atoms with Crippen molar-refractivity contribution >= 4 is 83.1 Å². The summed E-state index contributed by atoms with van der Waals surface area (Å²) in [5.41, 5.74) is -0.422. The molecule has 3 aliphatic rings. The van der Waals surface area contributed by atoms with E-state index in [1.54, 1.807) is 60.8 Å². The molecule has 3 saturated heterocycles. The van der Waals surface area contributed by atoms with Gasteiger partial charge >= 0.3 is 41.7 Å². The molecule has 624 valence electrons. The second kappa shape index (κ2) is 45.4. The molecule has 0 spiro atoms. The van der Waals surface area contributed by atoms with Crippen LogP contribution in [0, 0.1) is 5.92 Å². The first kappa shape index (κ1) is 94.7. The molecule has 14 atom stereocenters. The van der Waals surface area contributed by atoms with Gasteiger partial charge in [0.05, 0.1) is 43.2 Å². The van der Waals surface area contributed by atoms with Crippen LogP contribution in [0.4, 0.5) is 9.59 Å². The molecule has 0 unspecified atom stereocenters. The first-order valence-electron chi connectivity index (χ1n) is 37.3. The molecule has 114 heavy (non-hydrogen) atoms. The van der Waals surface area contributed by atoms with Crippen LogP contribution < -0.4 is 86.3 Å². The van der Waals surface area contributed by atoms with Crippen LogP contribution in [0.5, 0.6) is 17.2 Å². The van der Waals surface area contributed by atoms with Crippen molar-refractivity contribution in [2.24, 2.45) is 5.92 Å². The minimum absolute atomic E-state index is 0. The van der Waals surface area contributed by atoms with Crippen LogP contribution in [0.3, 0.4) is 0 Å². The molecule has 4 heterocycles. The van der Waals surface area contributed by atoms with Gasteiger partial charge in [0, 0.05) is 88.3 Å². The quantitative estimate of drug-likeness (QED) is 0.00808. The van der Waals surface area contributed by atoms with Crippen LogP contribution in [0.15, 0.2) is 66.7 Å². The summed E-state index contributed by atoms with van der Waals surface area (Å²) in [7, 11) is 1.69. The third-order valence-corrected chi connectivity index (χ3v) is 19.8. The van der Waals surface area contributed by atoms with Crippen molar-refractivity contribution in [1.82, 2.24) is 62.5 Å². The number of aromatic hydroxyl groups is 1. The number of nitrogens with one attached hydrogen (secondary N) is 8. The number of phenolic OH excluding ortho intramolecular Hbond substituents is 1. The number of phenols is 1. The number of carbonyl (C=O) groups is 10. The molecule has 10 amide bonds. The van der Waals surface area contributed by atoms with Crippen LogP contribution >= 0.6 is 23.7 Å². The van der Waals surface area contributed by atoms with Gasteiger partial charge in [0.25, 0.3) is 18.2 Å². The predicted octanol–water partition coefficient (Wildman–Crippen LogP) is -2.23. The van der Waals surface area contributed by atoms with Gasteiger partial charge in [0.2, 0.25) is 41.4 Å². The fourth-order valence-electron chi connectivity index (χ4n) is 12.6. The minimum Gasteiger partial charge on any atom is -0.691 e. The second-order valence-corrected chi connectivity index (χ2v) is 31.3. The van der Waals surface area contributed by atoms with Crippen molar-refractivity contribution in [2.75, 3.05) is 53.0 Å². The molecule has 4 aromatic rings. The number of hydrogen-bond acceptors (Lipinski definition) is 29. The Morgan fingerprint density at radius 2 is 1.30 bits per heavy atom. The smallest absolute Gasteiger partial charge is 0.691 e. The summed E-state index contributed by atoms with van der Waals surface area (Å²) < 4.78 is 31.0. The third kappa shape index (κ3) is 29.2. The molecule has 0 aliphatic carbocycles. The van der Waals surface area contributed by atoms with Gasteiger partial charge in [-0.2, -0.15) is 0 Å². The first-order valence-corrected chi connectivity index (χ1v) is 38.7. The molecule has 40 heteroatoms. The Kier molecular flexibility index (Phi) is 37.7. The maximum Gasteiger partial charge on any atom is 1.00 e. The molecule has 3 aliphatic heterocycles. The Balaban J connectivity index is 0.0000202. The summed E-state index contributed by atoms with van der Waals surface area (Å²) >= 11 is 1.26. The second-order valence-electron chi connectivity index (χ2n) is 29.9. The number of carbonyl (C=O) groups excluding carboxylic acids is 10. The number of benzene rings is 3. The number of aliphatic hydroxyl groups excluding tert-OH is 6. The van der Waals surface area contributed by atoms with E-state index in [0.717, 1.165) is 73.1 Å². The summed E-state index contributed by atoms with van der Waals surface area (Å²) in [6.45, 7) is 11.5. The van der Waals surface area contributed by atoms with Crippen LogP contribution in [0.1, 0.15) is 142 Å². The van der Waals surface area contributed by atoms with Crippen molar-refractivity contribution in [3.63, 3.8) is 0 Å². The van der Waals surface area contributed by atoms with Gasteiger partial charge < -0.3 is 116 Å². The van der Waals surface area contributed by atoms with E-state index < -0.39 is 213 Å². The van der Waals surface area contributed by atoms with Crippen LogP contribution in [0.25, 0.3) is 21.1 Å². The number of methoxy groups -OCH3 is 1. The van der Waals surface area contributed by atoms with Crippen molar-refractivity contribution in [1.29, 1.82) is 0 Å². The van der Waals surface area contributed by atoms with Gasteiger partial charge in [0.15, 0.2) is 11.5 Å². The van der Waals surface area contributed by atoms with Crippen molar-refractivity contribution in [2.45, 2.75) is 223 Å². The van der Waals surface area contributed by atoms with E-state index in [0.29, 0.717) is 34.4 Å². The topological polar surface area (TPSA) is 528 Å². The molecule has 1 aromatic heterocycles. The number of aliphatic hydroxyl groups is 6. The number of β-amino-alcohol motifs (C(OH)–C–C–N with tert-alkyl or cyclic N) is 1. The zero-order valence-electron chi connectivity index (χ0n) is 65.5. The third-order valence-electron chi connectivity index (χ3n) is 18.4. The van der Waals surface area contributed by atoms with E-state index in [9.17, 15) is 79.4 Å². The maximum absolute atomic E-state index is 15.4. The summed E-state index contributed by atoms with van der Waals surface area (Å²) in [4.78, 5) is 145. The average Bonchev–Trinajstić information content (AvgIpc) is 1.62. The predicted molar refractivity (Wildman–Crippen MR) is 403 cm³/mol. The standard InChI is InChI=1S/C74H106N12O25S2.Na/c1-40-38-86-59(60(40)93)66(99)77-37-46(88)35-50(78-61(94)43-19-21-44(22-20-43)67-83-84-68(112-67)45-23-25-48(26-24-45)106-32-16-12-10-11-15-31-105-9)63(96)80-56(41(2)87)69(100)85-39-47(89)36-51(85)64(97)81-57(54(92)33-42-18-27-52(90)55(34-42)109-113-111-110-104)65(98)82-58(70(86)101)53(91)28-30-75-62(95)49(79-72(103)108-74(6,7)8)17-13-14-29-76-71(102)107-73(3,4)5;/h18-27,34,40-41,46-47,49-51,53-54,56-60,87-93,104H,10-17,28-33,35-39H2,1-9H3,(H,75,95)(H,76,102)(H,77,99)(H,78,94)(H,79,103)(H,80,96)(H,81,97)(H,82,98);/q;+1/p-1/t40-,41+,46+,47+,49+,50+,51+,53-,54-,56+,57+,58+,59+,60+;/m1./s1. The number of alkyl carbamates (subject to hydrolysis) is 2. The molecule has 7 rings (SSSR count). The van der Waals surface area contributed by atoms with E-state index in [4.69, 9.17) is 23.1 Å². The number of unbranched alkanes of at least 4 members (excludes halogenated alkanes) is 5. The fraction of sp³-hybridized carbons (Fsp3) is 0.595. The normalized spacial score (nSPS) is 22.5. The molecule has 3 fully saturated rings. The number of hydrogen-bond donors (Lipinski definition) is 15. The molecule has 37 nitrogen and oxygen atoms in total. The molecule has 0 bridgehead atoms. The average molecular weight is 1650 g/mol. The molecule has 0 saturated carbocycles. The van der Waals surface area contributed by atoms with E-state index in [1.165, 1.54) is 36.5 Å². The molecule has 15 N–H and O–H groups in total. The van der Waals surface area contributed by atoms with Gasteiger partial charge in [-0.25, -0.2) is 9.59 Å². The van der Waals surface area contributed by atoms with E-state index in [-0.39, 0.29) is 78.1 Å². The summed E-state index contributed by atoms with van der Waals surface area (Å²) in [5.74, 6) is -10.3. The van der Waals surface area contributed by atoms with Crippen molar-refractivity contribution < 1.29 is 151 Å². The Bertz CT molecular complexity index is 3840. The number of fused-ring (bicyclic) bond motifs is 2. The van der Waals surface area contributed by atoms with Crippen LogP contribution in [0.2, 0.25) is 0 Å². The van der Waals surface area contributed by atoms with Gasteiger partial charge in [-0.15, -0.1) is 14.5 Å².